The Bertz CT molecular complexity index is 797. The van der Waals surface area contributed by atoms with Gasteiger partial charge in [-0.05, 0) is 38.3 Å². The van der Waals surface area contributed by atoms with E-state index in [0.717, 1.165) is 26.1 Å². The molecule has 29 heavy (non-hydrogen) atoms. The van der Waals surface area contributed by atoms with E-state index in [2.05, 4.69) is 53.5 Å². The van der Waals surface area contributed by atoms with Crippen LogP contribution in [-0.4, -0.2) is 47.2 Å². The Balaban J connectivity index is 1.68. The zero-order chi connectivity index (χ0) is 20.7. The van der Waals surface area contributed by atoms with Gasteiger partial charge in [-0.1, -0.05) is 72.8 Å². The molecule has 4 nitrogen and oxygen atoms in total. The van der Waals surface area contributed by atoms with E-state index < -0.39 is 5.60 Å². The fraction of sp³-hybridized carbons (Fsp3) is 0.400. The summed E-state index contributed by atoms with van der Waals surface area (Å²) in [5.41, 5.74) is 1.99. The number of carbonyl (C=O) groups excluding carboxylic acids is 1. The van der Waals surface area contributed by atoms with Crippen molar-refractivity contribution >= 4 is 12.2 Å². The lowest BCUT2D eigenvalue weighted by molar-refractivity contribution is -0.00190. The van der Waals surface area contributed by atoms with Gasteiger partial charge in [-0.15, -0.1) is 0 Å². The van der Waals surface area contributed by atoms with Crippen molar-refractivity contribution in [2.24, 2.45) is 0 Å². The van der Waals surface area contributed by atoms with E-state index in [1.807, 2.05) is 49.9 Å². The average Bonchev–Trinajstić information content (AvgIpc) is 2.68. The molecule has 1 aliphatic heterocycles. The summed E-state index contributed by atoms with van der Waals surface area (Å²) in [4.78, 5) is 17.1. The van der Waals surface area contributed by atoms with Crippen LogP contribution in [0.25, 0.3) is 6.08 Å². The highest BCUT2D eigenvalue weighted by Gasteiger charge is 2.32. The standard InChI is InChI=1S/C25H32N2O2/c1-25(2,3)29-24(28)27-18-17-26(19-22-13-8-5-9-14-22)20-23(27)16-10-15-21-11-6-4-7-12-21/h4-15,23H,16-20H2,1-3H3/t23-/m1/s1. The molecule has 1 saturated heterocycles. The van der Waals surface area contributed by atoms with Gasteiger partial charge in [0, 0.05) is 26.2 Å². The van der Waals surface area contributed by atoms with Gasteiger partial charge < -0.3 is 9.64 Å². The summed E-state index contributed by atoms with van der Waals surface area (Å²) in [5, 5.41) is 0. The van der Waals surface area contributed by atoms with Crippen molar-refractivity contribution in [2.45, 2.75) is 45.4 Å². The number of benzene rings is 2. The van der Waals surface area contributed by atoms with E-state index >= 15 is 0 Å². The molecular formula is C25H32N2O2. The van der Waals surface area contributed by atoms with E-state index in [1.165, 1.54) is 11.1 Å². The van der Waals surface area contributed by atoms with Crippen molar-refractivity contribution in [3.05, 3.63) is 77.9 Å². The van der Waals surface area contributed by atoms with E-state index in [0.29, 0.717) is 6.54 Å². The summed E-state index contributed by atoms with van der Waals surface area (Å²) in [6.07, 6.45) is 4.89. The SMILES string of the molecule is CC(C)(C)OC(=O)N1CCN(Cc2ccccc2)C[C@H]1CC=Cc1ccccc1. The van der Waals surface area contributed by atoms with Crippen LogP contribution >= 0.6 is 0 Å². The van der Waals surface area contributed by atoms with Crippen LogP contribution in [0.3, 0.4) is 0 Å². The van der Waals surface area contributed by atoms with E-state index in [-0.39, 0.29) is 12.1 Å². The number of carbonyl (C=O) groups is 1. The number of amides is 1. The third kappa shape index (κ3) is 6.75. The van der Waals surface area contributed by atoms with Crippen LogP contribution in [0.5, 0.6) is 0 Å². The van der Waals surface area contributed by atoms with E-state index in [1.54, 1.807) is 0 Å². The molecule has 0 unspecified atom stereocenters. The molecule has 2 aromatic rings. The first-order valence-electron chi connectivity index (χ1n) is 10.4. The molecular weight excluding hydrogens is 360 g/mol. The van der Waals surface area contributed by atoms with Crippen molar-refractivity contribution in [3.8, 4) is 0 Å². The molecule has 4 heteroatoms. The van der Waals surface area contributed by atoms with Gasteiger partial charge in [0.2, 0.25) is 0 Å². The Kier molecular flexibility index (Phi) is 7.10. The lowest BCUT2D eigenvalue weighted by Crippen LogP contribution is -2.55. The maximum Gasteiger partial charge on any atom is 0.410 e. The van der Waals surface area contributed by atoms with Crippen molar-refractivity contribution in [2.75, 3.05) is 19.6 Å². The molecule has 1 atom stereocenters. The van der Waals surface area contributed by atoms with Gasteiger partial charge in [0.1, 0.15) is 5.60 Å². The molecule has 3 rings (SSSR count). The third-order valence-corrected chi connectivity index (χ3v) is 4.96. The van der Waals surface area contributed by atoms with Gasteiger partial charge in [0.15, 0.2) is 0 Å². The summed E-state index contributed by atoms with van der Waals surface area (Å²) in [5.74, 6) is 0. The van der Waals surface area contributed by atoms with Crippen molar-refractivity contribution in [1.29, 1.82) is 0 Å². The molecule has 2 aromatic carbocycles. The maximum atomic E-state index is 12.8. The largest absolute Gasteiger partial charge is 0.444 e. The molecule has 1 fully saturated rings. The van der Waals surface area contributed by atoms with Gasteiger partial charge in [-0.3, -0.25) is 4.90 Å². The molecule has 0 radical (unpaired) electrons. The second kappa shape index (κ2) is 9.75. The van der Waals surface area contributed by atoms with E-state index in [4.69, 9.17) is 4.74 Å². The third-order valence-electron chi connectivity index (χ3n) is 4.96. The van der Waals surface area contributed by atoms with Gasteiger partial charge in [0.25, 0.3) is 0 Å². The smallest absolute Gasteiger partial charge is 0.410 e. The van der Waals surface area contributed by atoms with Crippen LogP contribution in [0.2, 0.25) is 0 Å². The Morgan fingerprint density at radius 3 is 2.34 bits per heavy atom. The second-order valence-electron chi connectivity index (χ2n) is 8.60. The highest BCUT2D eigenvalue weighted by Crippen LogP contribution is 2.20. The Morgan fingerprint density at radius 1 is 1.03 bits per heavy atom. The molecule has 0 aromatic heterocycles. The van der Waals surface area contributed by atoms with Crippen LogP contribution in [0, 0.1) is 0 Å². The fourth-order valence-corrected chi connectivity index (χ4v) is 3.59. The predicted molar refractivity (Wildman–Crippen MR) is 119 cm³/mol. The van der Waals surface area contributed by atoms with Crippen LogP contribution < -0.4 is 0 Å². The molecule has 1 aliphatic rings. The predicted octanol–water partition coefficient (Wildman–Crippen LogP) is 5.21. The molecule has 0 saturated carbocycles. The lowest BCUT2D eigenvalue weighted by Gasteiger charge is -2.41. The minimum absolute atomic E-state index is 0.0993. The fourth-order valence-electron chi connectivity index (χ4n) is 3.59. The number of rotatable bonds is 5. The van der Waals surface area contributed by atoms with Gasteiger partial charge >= 0.3 is 6.09 Å². The van der Waals surface area contributed by atoms with Crippen LogP contribution in [0.15, 0.2) is 66.7 Å². The van der Waals surface area contributed by atoms with Crippen molar-refractivity contribution < 1.29 is 9.53 Å². The first-order valence-corrected chi connectivity index (χ1v) is 10.4. The van der Waals surface area contributed by atoms with Crippen molar-refractivity contribution in [3.63, 3.8) is 0 Å². The average molecular weight is 393 g/mol. The number of piperazine rings is 1. The molecule has 0 aliphatic carbocycles. The van der Waals surface area contributed by atoms with Gasteiger partial charge in [0.05, 0.1) is 6.04 Å². The first kappa shape index (κ1) is 21.1. The van der Waals surface area contributed by atoms with Crippen LogP contribution in [0.1, 0.15) is 38.3 Å². The van der Waals surface area contributed by atoms with Crippen LogP contribution in [-0.2, 0) is 11.3 Å². The number of hydrogen-bond donors (Lipinski definition) is 0. The molecule has 0 spiro atoms. The Morgan fingerprint density at radius 2 is 1.69 bits per heavy atom. The summed E-state index contributed by atoms with van der Waals surface area (Å²) in [7, 11) is 0. The van der Waals surface area contributed by atoms with E-state index in [9.17, 15) is 4.79 Å². The normalized spacial score (nSPS) is 18.2. The second-order valence-corrected chi connectivity index (χ2v) is 8.60. The number of ether oxygens (including phenoxy) is 1. The highest BCUT2D eigenvalue weighted by atomic mass is 16.6. The minimum Gasteiger partial charge on any atom is -0.444 e. The minimum atomic E-state index is -0.483. The quantitative estimate of drug-likeness (QED) is 0.700. The van der Waals surface area contributed by atoms with Gasteiger partial charge in [-0.2, -0.15) is 0 Å². The zero-order valence-electron chi connectivity index (χ0n) is 17.8. The molecule has 0 bridgehead atoms. The molecule has 154 valence electrons. The number of hydrogen-bond acceptors (Lipinski definition) is 3. The summed E-state index contributed by atoms with van der Waals surface area (Å²) in [6.45, 7) is 9.04. The zero-order valence-corrected chi connectivity index (χ0v) is 17.8. The molecule has 1 amide bonds. The maximum absolute atomic E-state index is 12.8. The Hall–Kier alpha value is -2.59. The topological polar surface area (TPSA) is 32.8 Å². The monoisotopic (exact) mass is 392 g/mol. The summed E-state index contributed by atoms with van der Waals surface area (Å²) < 4.78 is 5.67. The Labute approximate surface area is 174 Å². The summed E-state index contributed by atoms with van der Waals surface area (Å²) in [6, 6.07) is 20.9. The van der Waals surface area contributed by atoms with Gasteiger partial charge in [-0.25, -0.2) is 4.79 Å². The molecule has 0 N–H and O–H groups in total. The number of nitrogens with zero attached hydrogens (tertiary/aromatic N) is 2. The first-order chi connectivity index (χ1) is 13.9. The van der Waals surface area contributed by atoms with Crippen molar-refractivity contribution in [1.82, 2.24) is 9.80 Å². The molecule has 1 heterocycles. The van der Waals surface area contributed by atoms with Crippen LogP contribution in [0.4, 0.5) is 4.79 Å². The summed E-state index contributed by atoms with van der Waals surface area (Å²) >= 11 is 0. The lowest BCUT2D eigenvalue weighted by atomic mass is 10.1. The highest BCUT2D eigenvalue weighted by molar-refractivity contribution is 5.69.